The molecule has 0 spiro atoms. The smallest absolute Gasteiger partial charge is 0.140 e. The summed E-state index contributed by atoms with van der Waals surface area (Å²) in [6.45, 7) is 5.28. The van der Waals surface area contributed by atoms with Crippen molar-refractivity contribution in [2.45, 2.75) is 26.7 Å². The summed E-state index contributed by atoms with van der Waals surface area (Å²) < 4.78 is 0. The zero-order chi connectivity index (χ0) is 9.14. The van der Waals surface area contributed by atoms with Crippen LogP contribution < -0.4 is 0 Å². The monoisotopic (exact) mass is 164 g/mol. The maximum Gasteiger partial charge on any atom is 0.140 e. The molecule has 12 heavy (non-hydrogen) atoms. The van der Waals surface area contributed by atoms with Crippen molar-refractivity contribution in [1.82, 2.24) is 9.97 Å². The van der Waals surface area contributed by atoms with E-state index in [1.54, 1.807) is 19.3 Å². The first-order valence-electron chi connectivity index (χ1n) is 3.90. The van der Waals surface area contributed by atoms with Crippen LogP contribution in [0.25, 0.3) is 0 Å². The minimum atomic E-state index is -0.189. The van der Waals surface area contributed by atoms with Gasteiger partial charge < -0.3 is 0 Å². The van der Waals surface area contributed by atoms with Crippen molar-refractivity contribution < 1.29 is 4.79 Å². The van der Waals surface area contributed by atoms with Gasteiger partial charge in [0, 0.05) is 12.4 Å². The van der Waals surface area contributed by atoms with Crippen LogP contribution in [-0.4, -0.2) is 15.8 Å². The Balaban J connectivity index is 2.89. The lowest BCUT2D eigenvalue weighted by Gasteiger charge is -2.04. The molecule has 3 heteroatoms. The molecule has 0 aliphatic heterocycles. The fourth-order valence-electron chi connectivity index (χ4n) is 0.808. The molecule has 3 nitrogen and oxygen atoms in total. The summed E-state index contributed by atoms with van der Waals surface area (Å²) in [4.78, 5) is 19.1. The number of ketones is 1. The number of aryl methyl sites for hydroxylation is 1. The molecule has 0 radical (unpaired) electrons. The normalized spacial score (nSPS) is 12.6. The third-order valence-electron chi connectivity index (χ3n) is 1.80. The highest BCUT2D eigenvalue weighted by Crippen LogP contribution is 2.09. The van der Waals surface area contributed by atoms with Crippen LogP contribution in [0.2, 0.25) is 0 Å². The van der Waals surface area contributed by atoms with E-state index in [1.165, 1.54) is 0 Å². The van der Waals surface area contributed by atoms with E-state index >= 15 is 0 Å². The number of aromatic nitrogens is 2. The number of nitrogens with zero attached hydrogens (tertiary/aromatic N) is 2. The van der Waals surface area contributed by atoms with Gasteiger partial charge in [0.15, 0.2) is 0 Å². The Morgan fingerprint density at radius 2 is 1.92 bits per heavy atom. The van der Waals surface area contributed by atoms with Crippen molar-refractivity contribution in [2.75, 3.05) is 0 Å². The fraction of sp³-hybridized carbons (Fsp3) is 0.444. The van der Waals surface area contributed by atoms with Gasteiger partial charge in [-0.2, -0.15) is 0 Å². The second-order valence-electron chi connectivity index (χ2n) is 2.95. The van der Waals surface area contributed by atoms with Gasteiger partial charge in [-0.05, 0) is 26.3 Å². The number of carbonyl (C=O) groups is 1. The summed E-state index contributed by atoms with van der Waals surface area (Å²) in [5.41, 5.74) is 1.01. The molecule has 1 heterocycles. The molecule has 0 bridgehead atoms. The Morgan fingerprint density at radius 1 is 1.42 bits per heavy atom. The third-order valence-corrected chi connectivity index (χ3v) is 1.80. The summed E-state index contributed by atoms with van der Waals surface area (Å²) in [5, 5.41) is 0. The maximum absolute atomic E-state index is 10.9. The van der Waals surface area contributed by atoms with E-state index in [0.29, 0.717) is 5.82 Å². The predicted molar refractivity (Wildman–Crippen MR) is 45.9 cm³/mol. The van der Waals surface area contributed by atoms with Gasteiger partial charge in [-0.3, -0.25) is 4.79 Å². The molecule has 1 unspecified atom stereocenters. The quantitative estimate of drug-likeness (QED) is 0.664. The van der Waals surface area contributed by atoms with Gasteiger partial charge in [-0.1, -0.05) is 0 Å². The molecule has 1 atom stereocenters. The number of hydrogen-bond acceptors (Lipinski definition) is 3. The van der Waals surface area contributed by atoms with Gasteiger partial charge in [-0.15, -0.1) is 0 Å². The van der Waals surface area contributed by atoms with Gasteiger partial charge in [0.2, 0.25) is 0 Å². The summed E-state index contributed by atoms with van der Waals surface area (Å²) in [6, 6.07) is 0. The van der Waals surface area contributed by atoms with Gasteiger partial charge in [-0.25, -0.2) is 9.97 Å². The van der Waals surface area contributed by atoms with Crippen LogP contribution in [0.1, 0.15) is 31.2 Å². The minimum absolute atomic E-state index is 0.0962. The van der Waals surface area contributed by atoms with E-state index in [4.69, 9.17) is 0 Å². The predicted octanol–water partition coefficient (Wildman–Crippen LogP) is 1.48. The van der Waals surface area contributed by atoms with Crippen LogP contribution in [0.15, 0.2) is 12.4 Å². The number of hydrogen-bond donors (Lipinski definition) is 0. The van der Waals surface area contributed by atoms with Crippen LogP contribution in [-0.2, 0) is 4.79 Å². The Labute approximate surface area is 71.9 Å². The van der Waals surface area contributed by atoms with Crippen LogP contribution in [0.5, 0.6) is 0 Å². The van der Waals surface area contributed by atoms with E-state index in [1.807, 2.05) is 13.8 Å². The van der Waals surface area contributed by atoms with E-state index in [9.17, 15) is 4.79 Å². The summed E-state index contributed by atoms with van der Waals surface area (Å²) in [7, 11) is 0. The first-order chi connectivity index (χ1) is 5.61. The van der Waals surface area contributed by atoms with E-state index in [-0.39, 0.29) is 11.7 Å². The topological polar surface area (TPSA) is 42.9 Å². The Hall–Kier alpha value is -1.25. The molecule has 1 rings (SSSR count). The first kappa shape index (κ1) is 8.84. The standard InChI is InChI=1S/C9H12N2O/c1-6-4-10-9(11-5-6)7(2)8(3)12/h4-5,7H,1-3H3. The number of Topliss-reactive ketones (excluding diaryl/α,β-unsaturated/α-hetero) is 1. The Morgan fingerprint density at radius 3 is 2.33 bits per heavy atom. The maximum atomic E-state index is 10.9. The van der Waals surface area contributed by atoms with Gasteiger partial charge in [0.05, 0.1) is 5.92 Å². The molecule has 0 aliphatic rings. The van der Waals surface area contributed by atoms with Crippen molar-refractivity contribution in [2.24, 2.45) is 0 Å². The SMILES string of the molecule is CC(=O)C(C)c1ncc(C)cn1. The average Bonchev–Trinajstić information content (AvgIpc) is 2.04. The van der Waals surface area contributed by atoms with E-state index in [2.05, 4.69) is 9.97 Å². The second-order valence-corrected chi connectivity index (χ2v) is 2.95. The summed E-state index contributed by atoms with van der Waals surface area (Å²) in [6.07, 6.45) is 3.45. The largest absolute Gasteiger partial charge is 0.299 e. The highest BCUT2D eigenvalue weighted by molar-refractivity contribution is 5.81. The third kappa shape index (κ3) is 1.87. The molecule has 1 aromatic rings. The highest BCUT2D eigenvalue weighted by Gasteiger charge is 2.12. The molecule has 0 aliphatic carbocycles. The molecule has 64 valence electrons. The van der Waals surface area contributed by atoms with Crippen molar-refractivity contribution >= 4 is 5.78 Å². The highest BCUT2D eigenvalue weighted by atomic mass is 16.1. The molecule has 0 aromatic carbocycles. The van der Waals surface area contributed by atoms with Crippen LogP contribution in [0, 0.1) is 6.92 Å². The molecule has 0 amide bonds. The lowest BCUT2D eigenvalue weighted by molar-refractivity contribution is -0.118. The lowest BCUT2D eigenvalue weighted by Crippen LogP contribution is -2.08. The van der Waals surface area contributed by atoms with E-state index < -0.39 is 0 Å². The lowest BCUT2D eigenvalue weighted by atomic mass is 10.1. The minimum Gasteiger partial charge on any atom is -0.299 e. The van der Waals surface area contributed by atoms with Crippen molar-refractivity contribution in [1.29, 1.82) is 0 Å². The van der Waals surface area contributed by atoms with Gasteiger partial charge in [0.25, 0.3) is 0 Å². The summed E-state index contributed by atoms with van der Waals surface area (Å²) >= 11 is 0. The Kier molecular flexibility index (Phi) is 2.53. The van der Waals surface area contributed by atoms with Crippen LogP contribution >= 0.6 is 0 Å². The zero-order valence-electron chi connectivity index (χ0n) is 7.53. The van der Waals surface area contributed by atoms with Crippen LogP contribution in [0.3, 0.4) is 0 Å². The molecule has 1 aromatic heterocycles. The van der Waals surface area contributed by atoms with Crippen molar-refractivity contribution in [3.63, 3.8) is 0 Å². The van der Waals surface area contributed by atoms with Gasteiger partial charge >= 0.3 is 0 Å². The molecule has 0 saturated heterocycles. The van der Waals surface area contributed by atoms with Crippen molar-refractivity contribution in [3.8, 4) is 0 Å². The molecular formula is C9H12N2O. The first-order valence-corrected chi connectivity index (χ1v) is 3.90. The molecule has 0 saturated carbocycles. The molecule has 0 fully saturated rings. The summed E-state index contributed by atoms with van der Waals surface area (Å²) in [5.74, 6) is 0.512. The molecule has 0 N–H and O–H groups in total. The van der Waals surface area contributed by atoms with Crippen molar-refractivity contribution in [3.05, 3.63) is 23.8 Å². The van der Waals surface area contributed by atoms with Crippen LogP contribution in [0.4, 0.5) is 0 Å². The average molecular weight is 164 g/mol. The number of rotatable bonds is 2. The van der Waals surface area contributed by atoms with E-state index in [0.717, 1.165) is 5.56 Å². The molecular weight excluding hydrogens is 152 g/mol. The Bertz CT molecular complexity index is 279. The van der Waals surface area contributed by atoms with Gasteiger partial charge in [0.1, 0.15) is 11.6 Å². The second kappa shape index (κ2) is 3.43. The fourth-order valence-corrected chi connectivity index (χ4v) is 0.808. The number of carbonyl (C=O) groups excluding carboxylic acids is 1. The zero-order valence-corrected chi connectivity index (χ0v) is 7.53.